The largest absolute Gasteiger partial charge is 0.454 e. The standard InChI is InChI=1S/C28H35FN2O5/c1-28(2,3)36-27(34)30-25(21-11-7-8-12-22(21)29)26(33)35-24-18-31(15-13-20(24)14-16-31)17-23(32)19-9-5-4-6-10-19/h4-6,9-12,20,24-25H,7-8,13-18H2,1-3H3/p+1. The van der Waals surface area contributed by atoms with Crippen LogP contribution in [0.4, 0.5) is 9.18 Å². The molecule has 0 radical (unpaired) electrons. The minimum atomic E-state index is -1.30. The van der Waals surface area contributed by atoms with Crippen molar-refractivity contribution in [3.05, 3.63) is 59.4 Å². The number of piperidine rings is 3. The first-order valence-electron chi connectivity index (χ1n) is 12.7. The number of alkyl carbamates (subject to hydrolysis) is 1. The quantitative estimate of drug-likeness (QED) is 0.340. The number of quaternary nitrogens is 1. The molecule has 2 unspecified atom stereocenters. The van der Waals surface area contributed by atoms with Gasteiger partial charge in [0.2, 0.25) is 5.78 Å². The molecule has 1 aromatic rings. The number of carbonyl (C=O) groups is 3. The zero-order valence-electron chi connectivity index (χ0n) is 21.3. The van der Waals surface area contributed by atoms with Crippen LogP contribution in [0.3, 0.4) is 0 Å². The van der Waals surface area contributed by atoms with Crippen LogP contribution in [0.25, 0.3) is 0 Å². The summed E-state index contributed by atoms with van der Waals surface area (Å²) in [5, 5.41) is 2.53. The molecular formula is C28H36FN2O5+. The van der Waals surface area contributed by atoms with Gasteiger partial charge in [0.15, 0.2) is 12.1 Å². The number of carbonyl (C=O) groups excluding carboxylic acids is 3. The third kappa shape index (κ3) is 6.22. The molecule has 0 saturated carbocycles. The normalized spacial score (nSPS) is 26.3. The number of allylic oxidation sites excluding steroid dienone is 2. The van der Waals surface area contributed by atoms with Crippen LogP contribution in [0.1, 0.15) is 56.8 Å². The Kier molecular flexibility index (Phi) is 7.64. The van der Waals surface area contributed by atoms with Crippen molar-refractivity contribution in [1.29, 1.82) is 0 Å². The number of ether oxygens (including phenoxy) is 2. The van der Waals surface area contributed by atoms with Crippen LogP contribution in [-0.4, -0.2) is 66.3 Å². The number of esters is 1. The summed E-state index contributed by atoms with van der Waals surface area (Å²) >= 11 is 0. The molecule has 2 bridgehead atoms. The van der Waals surface area contributed by atoms with Gasteiger partial charge >= 0.3 is 12.1 Å². The molecule has 4 aliphatic rings. The lowest BCUT2D eigenvalue weighted by Gasteiger charge is -2.51. The topological polar surface area (TPSA) is 81.7 Å². The number of benzene rings is 1. The van der Waals surface area contributed by atoms with E-state index in [1.807, 2.05) is 30.3 Å². The van der Waals surface area contributed by atoms with Gasteiger partial charge in [-0.2, -0.15) is 0 Å². The van der Waals surface area contributed by atoms with Gasteiger partial charge in [0, 0.05) is 29.9 Å². The van der Waals surface area contributed by atoms with E-state index in [9.17, 15) is 18.8 Å². The summed E-state index contributed by atoms with van der Waals surface area (Å²) in [7, 11) is 0. The number of nitrogens with zero attached hydrogens (tertiary/aromatic N) is 1. The first kappa shape index (κ1) is 26.1. The zero-order valence-corrected chi connectivity index (χ0v) is 21.3. The average molecular weight is 500 g/mol. The first-order valence-corrected chi connectivity index (χ1v) is 12.7. The Morgan fingerprint density at radius 1 is 1.08 bits per heavy atom. The molecule has 194 valence electrons. The minimum absolute atomic E-state index is 0.0741. The zero-order chi connectivity index (χ0) is 25.9. The number of hydrogen-bond acceptors (Lipinski definition) is 5. The Morgan fingerprint density at radius 2 is 1.75 bits per heavy atom. The number of nitrogens with one attached hydrogen (secondary N) is 1. The van der Waals surface area contributed by atoms with Crippen molar-refractivity contribution in [2.45, 2.75) is 64.2 Å². The smallest absolute Gasteiger partial charge is 0.408 e. The molecular weight excluding hydrogens is 463 g/mol. The number of rotatable bonds is 7. The molecule has 8 heteroatoms. The molecule has 7 nitrogen and oxygen atoms in total. The number of halogens is 1. The number of Topliss-reactive ketones (excluding diaryl/α,β-unsaturated/α-hetero) is 1. The van der Waals surface area contributed by atoms with E-state index in [1.165, 1.54) is 6.08 Å². The van der Waals surface area contributed by atoms with Gasteiger partial charge in [-0.3, -0.25) is 4.79 Å². The van der Waals surface area contributed by atoms with E-state index in [4.69, 9.17) is 9.47 Å². The van der Waals surface area contributed by atoms with Gasteiger partial charge in [-0.25, -0.2) is 14.0 Å². The predicted octanol–water partition coefficient (Wildman–Crippen LogP) is 4.49. The fraction of sp³-hybridized carbons (Fsp3) is 0.536. The Hall–Kier alpha value is -3.00. The molecule has 36 heavy (non-hydrogen) atoms. The summed E-state index contributed by atoms with van der Waals surface area (Å²) < 4.78 is 26.5. The van der Waals surface area contributed by atoms with E-state index in [-0.39, 0.29) is 17.3 Å². The Labute approximate surface area is 211 Å². The molecule has 3 fully saturated rings. The van der Waals surface area contributed by atoms with Gasteiger partial charge in [0.05, 0.1) is 13.1 Å². The predicted molar refractivity (Wildman–Crippen MR) is 133 cm³/mol. The van der Waals surface area contributed by atoms with Gasteiger partial charge in [-0.1, -0.05) is 36.4 Å². The fourth-order valence-electron chi connectivity index (χ4n) is 5.42. The van der Waals surface area contributed by atoms with Crippen LogP contribution in [0.2, 0.25) is 0 Å². The summed E-state index contributed by atoms with van der Waals surface area (Å²) in [5.74, 6) is -0.984. The van der Waals surface area contributed by atoms with Crippen molar-refractivity contribution < 1.29 is 32.7 Å². The molecule has 0 aromatic heterocycles. The van der Waals surface area contributed by atoms with Crippen molar-refractivity contribution in [2.75, 3.05) is 26.2 Å². The lowest BCUT2D eigenvalue weighted by Crippen LogP contribution is -2.66. The molecule has 2 atom stereocenters. The van der Waals surface area contributed by atoms with Crippen molar-refractivity contribution >= 4 is 17.8 Å². The van der Waals surface area contributed by atoms with Crippen molar-refractivity contribution in [3.63, 3.8) is 0 Å². The van der Waals surface area contributed by atoms with E-state index >= 15 is 0 Å². The molecule has 1 amide bonds. The molecule has 1 aliphatic carbocycles. The van der Waals surface area contributed by atoms with Gasteiger partial charge in [-0.05, 0) is 39.7 Å². The minimum Gasteiger partial charge on any atom is -0.454 e. The maximum Gasteiger partial charge on any atom is 0.408 e. The molecule has 0 spiro atoms. The Bertz CT molecular complexity index is 1050. The summed E-state index contributed by atoms with van der Waals surface area (Å²) in [4.78, 5) is 38.8. The van der Waals surface area contributed by atoms with E-state index in [1.54, 1.807) is 26.8 Å². The molecule has 5 rings (SSSR count). The Morgan fingerprint density at radius 3 is 2.39 bits per heavy atom. The molecule has 1 aromatic carbocycles. The SMILES string of the molecule is CC(C)(C)OC(=O)NC(C(=O)OC1C[N+]2(CC(=O)c3ccccc3)CCC1CC2)C1=CCCC=C1F. The number of hydrogen-bond donors (Lipinski definition) is 1. The molecule has 1 N–H and O–H groups in total. The number of amides is 1. The summed E-state index contributed by atoms with van der Waals surface area (Å²) in [6, 6.07) is 7.93. The van der Waals surface area contributed by atoms with Gasteiger partial charge in [0.1, 0.15) is 24.5 Å². The first-order chi connectivity index (χ1) is 17.1. The highest BCUT2D eigenvalue weighted by Gasteiger charge is 2.49. The van der Waals surface area contributed by atoms with Crippen molar-refractivity contribution in [3.8, 4) is 0 Å². The monoisotopic (exact) mass is 499 g/mol. The van der Waals surface area contributed by atoms with E-state index in [0.717, 1.165) is 25.9 Å². The second-order valence-electron chi connectivity index (χ2n) is 11.1. The van der Waals surface area contributed by atoms with Gasteiger partial charge in [0.25, 0.3) is 0 Å². The van der Waals surface area contributed by atoms with Gasteiger partial charge < -0.3 is 19.3 Å². The third-order valence-electron chi connectivity index (χ3n) is 7.22. The van der Waals surface area contributed by atoms with Crippen LogP contribution in [0, 0.1) is 5.92 Å². The second-order valence-corrected chi connectivity index (χ2v) is 11.1. The van der Waals surface area contributed by atoms with Crippen LogP contribution >= 0.6 is 0 Å². The van der Waals surface area contributed by atoms with Crippen LogP contribution in [0.15, 0.2) is 53.9 Å². The van der Waals surface area contributed by atoms with Gasteiger partial charge in [-0.15, -0.1) is 0 Å². The second kappa shape index (κ2) is 10.5. The van der Waals surface area contributed by atoms with E-state index in [2.05, 4.69) is 5.32 Å². The highest BCUT2D eigenvalue weighted by molar-refractivity contribution is 5.97. The van der Waals surface area contributed by atoms with Crippen molar-refractivity contribution in [2.24, 2.45) is 5.92 Å². The Balaban J connectivity index is 1.48. The van der Waals surface area contributed by atoms with Crippen LogP contribution < -0.4 is 5.32 Å². The number of fused-ring (bicyclic) bond motifs is 3. The van der Waals surface area contributed by atoms with Crippen LogP contribution in [0.5, 0.6) is 0 Å². The lowest BCUT2D eigenvalue weighted by molar-refractivity contribution is -0.938. The maximum absolute atomic E-state index is 14.7. The molecule has 3 aliphatic heterocycles. The number of ketones is 1. The lowest BCUT2D eigenvalue weighted by atomic mass is 9.82. The highest BCUT2D eigenvalue weighted by atomic mass is 19.1. The van der Waals surface area contributed by atoms with E-state index in [0.29, 0.717) is 36.0 Å². The molecule has 3 saturated heterocycles. The maximum atomic E-state index is 14.7. The fourth-order valence-corrected chi connectivity index (χ4v) is 5.42. The van der Waals surface area contributed by atoms with Crippen LogP contribution in [-0.2, 0) is 14.3 Å². The highest BCUT2D eigenvalue weighted by Crippen LogP contribution is 2.36. The average Bonchev–Trinajstić information content (AvgIpc) is 2.83. The summed E-state index contributed by atoms with van der Waals surface area (Å²) in [6.07, 6.45) is 4.62. The third-order valence-corrected chi connectivity index (χ3v) is 7.22. The van der Waals surface area contributed by atoms with E-state index < -0.39 is 35.6 Å². The summed E-state index contributed by atoms with van der Waals surface area (Å²) in [5.41, 5.74) is 0.00633. The molecule has 3 heterocycles. The summed E-state index contributed by atoms with van der Waals surface area (Å²) in [6.45, 7) is 7.75. The van der Waals surface area contributed by atoms with Crippen molar-refractivity contribution in [1.82, 2.24) is 5.32 Å².